The molecule has 0 aliphatic rings. The highest BCUT2D eigenvalue weighted by Gasteiger charge is 1.99. The summed E-state index contributed by atoms with van der Waals surface area (Å²) in [6, 6.07) is 5.16. The predicted octanol–water partition coefficient (Wildman–Crippen LogP) is 3.12. The van der Waals surface area contributed by atoms with E-state index in [0.29, 0.717) is 15.6 Å². The normalized spacial score (nSPS) is 10.5. The molecule has 1 nitrogen and oxygen atoms in total. The maximum absolute atomic E-state index is 9.90. The fraction of sp³-hybridized carbons (Fsp3) is 0. The SMILES string of the molecule is O=[C]/C=C/c1c(Cl)cccc1Cl. The Bertz CT molecular complexity index is 298. The molecule has 0 bridgehead atoms. The van der Waals surface area contributed by atoms with Gasteiger partial charge in [0.1, 0.15) is 0 Å². The van der Waals surface area contributed by atoms with E-state index in [4.69, 9.17) is 23.2 Å². The molecule has 0 saturated heterocycles. The highest BCUT2D eigenvalue weighted by molar-refractivity contribution is 6.37. The Balaban J connectivity index is 3.12. The van der Waals surface area contributed by atoms with Crippen molar-refractivity contribution in [2.24, 2.45) is 0 Å². The molecule has 61 valence electrons. The van der Waals surface area contributed by atoms with Crippen molar-refractivity contribution in [3.8, 4) is 0 Å². The number of carbonyl (C=O) groups excluding carboxylic acids is 1. The second kappa shape index (κ2) is 4.29. The van der Waals surface area contributed by atoms with Gasteiger partial charge in [-0.25, -0.2) is 0 Å². The number of hydrogen-bond donors (Lipinski definition) is 0. The number of hydrogen-bond acceptors (Lipinski definition) is 1. The number of halogens is 2. The van der Waals surface area contributed by atoms with Gasteiger partial charge in [-0.3, -0.25) is 4.79 Å². The second-order valence-corrected chi connectivity index (χ2v) is 2.90. The number of benzene rings is 1. The monoisotopic (exact) mass is 199 g/mol. The molecular weight excluding hydrogens is 195 g/mol. The lowest BCUT2D eigenvalue weighted by Gasteiger charge is -1.98. The van der Waals surface area contributed by atoms with Gasteiger partial charge < -0.3 is 0 Å². The van der Waals surface area contributed by atoms with E-state index in [9.17, 15) is 4.79 Å². The minimum Gasteiger partial charge on any atom is -0.286 e. The van der Waals surface area contributed by atoms with E-state index in [1.807, 2.05) is 0 Å². The summed E-state index contributed by atoms with van der Waals surface area (Å²) >= 11 is 11.6. The molecule has 3 heteroatoms. The van der Waals surface area contributed by atoms with Crippen molar-refractivity contribution in [2.75, 3.05) is 0 Å². The molecule has 0 aliphatic heterocycles. The van der Waals surface area contributed by atoms with Crippen LogP contribution >= 0.6 is 23.2 Å². The summed E-state index contributed by atoms with van der Waals surface area (Å²) in [6.45, 7) is 0. The van der Waals surface area contributed by atoms with Gasteiger partial charge in [-0.15, -0.1) is 0 Å². The van der Waals surface area contributed by atoms with E-state index >= 15 is 0 Å². The Morgan fingerprint density at radius 1 is 1.25 bits per heavy atom. The molecule has 0 heterocycles. The molecule has 0 N–H and O–H groups in total. The van der Waals surface area contributed by atoms with E-state index in [1.54, 1.807) is 24.5 Å². The number of rotatable bonds is 2. The van der Waals surface area contributed by atoms with Crippen LogP contribution in [0.25, 0.3) is 6.08 Å². The van der Waals surface area contributed by atoms with Gasteiger partial charge in [-0.05, 0) is 24.3 Å². The maximum atomic E-state index is 9.90. The third-order valence-electron chi connectivity index (χ3n) is 1.32. The van der Waals surface area contributed by atoms with Crippen LogP contribution in [0.3, 0.4) is 0 Å². The molecule has 1 radical (unpaired) electrons. The van der Waals surface area contributed by atoms with Gasteiger partial charge in [-0.2, -0.15) is 0 Å². The zero-order valence-corrected chi connectivity index (χ0v) is 7.56. The van der Waals surface area contributed by atoms with Crippen LogP contribution in [0.4, 0.5) is 0 Å². The fourth-order valence-corrected chi connectivity index (χ4v) is 1.31. The highest BCUT2D eigenvalue weighted by Crippen LogP contribution is 2.25. The second-order valence-electron chi connectivity index (χ2n) is 2.09. The standard InChI is InChI=1S/C9H5Cl2O/c10-8-4-1-5-9(11)7(8)3-2-6-12/h1-5H/b3-2+. The van der Waals surface area contributed by atoms with Crippen LogP contribution in [0.1, 0.15) is 5.56 Å². The molecular formula is C9H5Cl2O. The van der Waals surface area contributed by atoms with Gasteiger partial charge in [0.2, 0.25) is 6.29 Å². The number of allylic oxidation sites excluding steroid dienone is 1. The van der Waals surface area contributed by atoms with Crippen molar-refractivity contribution >= 4 is 35.6 Å². The molecule has 1 aromatic carbocycles. The Kier molecular flexibility index (Phi) is 3.32. The molecule has 0 fully saturated rings. The molecule has 1 aromatic rings. The lowest BCUT2D eigenvalue weighted by atomic mass is 10.2. The largest absolute Gasteiger partial charge is 0.286 e. The van der Waals surface area contributed by atoms with Crippen molar-refractivity contribution in [3.05, 3.63) is 39.9 Å². The molecule has 0 spiro atoms. The first-order valence-corrected chi connectivity index (χ1v) is 3.99. The maximum Gasteiger partial charge on any atom is 0.225 e. The van der Waals surface area contributed by atoms with Crippen LogP contribution in [0.2, 0.25) is 10.0 Å². The molecule has 12 heavy (non-hydrogen) atoms. The molecule has 0 aliphatic carbocycles. The zero-order chi connectivity index (χ0) is 8.97. The minimum absolute atomic E-state index is 0.522. The van der Waals surface area contributed by atoms with E-state index < -0.39 is 0 Å². The third kappa shape index (κ3) is 2.10. The Morgan fingerprint density at radius 3 is 2.33 bits per heavy atom. The quantitative estimate of drug-likeness (QED) is 0.670. The highest BCUT2D eigenvalue weighted by atomic mass is 35.5. The van der Waals surface area contributed by atoms with Crippen LogP contribution in [-0.2, 0) is 4.79 Å². The van der Waals surface area contributed by atoms with Gasteiger partial charge in [0.15, 0.2) is 0 Å². The summed E-state index contributed by atoms with van der Waals surface area (Å²) < 4.78 is 0. The molecule has 0 saturated carbocycles. The van der Waals surface area contributed by atoms with Gasteiger partial charge >= 0.3 is 0 Å². The Morgan fingerprint density at radius 2 is 1.83 bits per heavy atom. The summed E-state index contributed by atoms with van der Waals surface area (Å²) in [5, 5.41) is 1.04. The van der Waals surface area contributed by atoms with Crippen LogP contribution in [0.15, 0.2) is 24.3 Å². The Hall–Kier alpha value is -0.790. The van der Waals surface area contributed by atoms with Crippen molar-refractivity contribution in [1.82, 2.24) is 0 Å². The average Bonchev–Trinajstić information content (AvgIpc) is 2.04. The molecule has 0 atom stereocenters. The summed E-state index contributed by atoms with van der Waals surface area (Å²) in [5.41, 5.74) is 0.643. The van der Waals surface area contributed by atoms with Crippen LogP contribution in [-0.4, -0.2) is 6.29 Å². The van der Waals surface area contributed by atoms with Gasteiger partial charge in [0.25, 0.3) is 0 Å². The first-order valence-electron chi connectivity index (χ1n) is 3.24. The lowest BCUT2D eigenvalue weighted by molar-refractivity contribution is 0.564. The fourth-order valence-electron chi connectivity index (χ4n) is 0.787. The Labute approximate surface area is 80.6 Å². The van der Waals surface area contributed by atoms with Crippen molar-refractivity contribution in [3.63, 3.8) is 0 Å². The van der Waals surface area contributed by atoms with E-state index in [1.165, 1.54) is 12.2 Å². The predicted molar refractivity (Wildman–Crippen MR) is 51.2 cm³/mol. The summed E-state index contributed by atoms with van der Waals surface area (Å²) in [5.74, 6) is 0. The smallest absolute Gasteiger partial charge is 0.225 e. The molecule has 1 rings (SSSR count). The summed E-state index contributed by atoms with van der Waals surface area (Å²) in [6.07, 6.45) is 4.38. The third-order valence-corrected chi connectivity index (χ3v) is 1.98. The van der Waals surface area contributed by atoms with E-state index in [0.717, 1.165) is 0 Å². The summed E-state index contributed by atoms with van der Waals surface area (Å²) in [7, 11) is 0. The van der Waals surface area contributed by atoms with E-state index in [-0.39, 0.29) is 0 Å². The van der Waals surface area contributed by atoms with Crippen LogP contribution in [0, 0.1) is 0 Å². The van der Waals surface area contributed by atoms with Gasteiger partial charge in [-0.1, -0.05) is 29.3 Å². The van der Waals surface area contributed by atoms with Crippen molar-refractivity contribution in [1.29, 1.82) is 0 Å². The molecule has 0 amide bonds. The van der Waals surface area contributed by atoms with Gasteiger partial charge in [0, 0.05) is 15.6 Å². The first-order chi connectivity index (χ1) is 5.75. The molecule has 0 aromatic heterocycles. The molecule has 0 unspecified atom stereocenters. The minimum atomic E-state index is 0.522. The zero-order valence-electron chi connectivity index (χ0n) is 6.05. The summed E-state index contributed by atoms with van der Waals surface area (Å²) in [4.78, 5) is 9.90. The van der Waals surface area contributed by atoms with Gasteiger partial charge in [0.05, 0.1) is 0 Å². The van der Waals surface area contributed by atoms with Crippen molar-refractivity contribution < 1.29 is 4.79 Å². The van der Waals surface area contributed by atoms with Crippen LogP contribution in [0.5, 0.6) is 0 Å². The lowest BCUT2D eigenvalue weighted by Crippen LogP contribution is -1.76. The topological polar surface area (TPSA) is 17.1 Å². The first kappa shape index (κ1) is 9.30. The van der Waals surface area contributed by atoms with Crippen molar-refractivity contribution in [2.45, 2.75) is 0 Å². The van der Waals surface area contributed by atoms with E-state index in [2.05, 4.69) is 0 Å². The average molecular weight is 200 g/mol. The van der Waals surface area contributed by atoms with Crippen LogP contribution < -0.4 is 0 Å².